The predicted molar refractivity (Wildman–Crippen MR) is 116 cm³/mol. The minimum Gasteiger partial charge on any atom is -0.481 e. The molecule has 0 aliphatic heterocycles. The molecule has 1 unspecified atom stereocenters. The molecule has 1 rings (SSSR count). The Balaban J connectivity index is 0.000000683. The third-order valence-electron chi connectivity index (χ3n) is 3.95. The largest absolute Gasteiger partial charge is 0.481 e. The van der Waals surface area contributed by atoms with E-state index in [0.717, 1.165) is 19.4 Å². The van der Waals surface area contributed by atoms with Gasteiger partial charge in [-0.15, -0.1) is 5.92 Å². The number of aliphatic carboxylic acids is 1. The van der Waals surface area contributed by atoms with Crippen LogP contribution in [-0.2, 0) is 33.3 Å². The van der Waals surface area contributed by atoms with Crippen molar-refractivity contribution >= 4 is 12.4 Å². The van der Waals surface area contributed by atoms with Crippen LogP contribution in [0.4, 0.5) is 0 Å². The molecule has 31 heavy (non-hydrogen) atoms. The van der Waals surface area contributed by atoms with Crippen molar-refractivity contribution in [1.82, 2.24) is 5.32 Å². The molecule has 2 N–H and O–H groups in total. The normalized spacial score (nSPS) is 15.5. The van der Waals surface area contributed by atoms with Crippen LogP contribution < -0.4 is 5.32 Å². The van der Waals surface area contributed by atoms with E-state index in [1.807, 2.05) is 6.92 Å². The van der Waals surface area contributed by atoms with E-state index in [0.29, 0.717) is 59.2 Å². The van der Waals surface area contributed by atoms with Crippen LogP contribution in [0.3, 0.4) is 0 Å². The molecule has 1 amide bonds. The second-order valence-electron chi connectivity index (χ2n) is 6.53. The van der Waals surface area contributed by atoms with Crippen LogP contribution >= 0.6 is 0 Å². The highest BCUT2D eigenvalue weighted by atomic mass is 16.6. The summed E-state index contributed by atoms with van der Waals surface area (Å²) in [6.45, 7) is 6.63. The first-order valence-corrected chi connectivity index (χ1v) is 11.0. The molecule has 1 aliphatic carbocycles. The molecule has 9 heteroatoms. The zero-order chi connectivity index (χ0) is 22.8. The number of carboxylic acids is 1. The Morgan fingerprint density at radius 3 is 2.16 bits per heavy atom. The third-order valence-corrected chi connectivity index (χ3v) is 3.95. The van der Waals surface area contributed by atoms with Crippen molar-refractivity contribution in [2.45, 2.75) is 51.6 Å². The van der Waals surface area contributed by atoms with Gasteiger partial charge in [0.15, 0.2) is 0 Å². The molecule has 0 radical (unpaired) electrons. The Morgan fingerprint density at radius 1 is 0.968 bits per heavy atom. The quantitative estimate of drug-likeness (QED) is 0.186. The Kier molecular flexibility index (Phi) is 23.2. The lowest BCUT2D eigenvalue weighted by atomic mass is 10.1. The molecule has 180 valence electrons. The summed E-state index contributed by atoms with van der Waals surface area (Å²) in [6.07, 6.45) is 6.90. The second kappa shape index (κ2) is 24.6. The van der Waals surface area contributed by atoms with Crippen LogP contribution in [0, 0.1) is 11.8 Å². The molecule has 0 heterocycles. The topological polar surface area (TPSA) is 113 Å². The highest BCUT2D eigenvalue weighted by Gasteiger charge is 2.04. The van der Waals surface area contributed by atoms with Gasteiger partial charge in [-0.3, -0.25) is 9.59 Å². The minimum absolute atomic E-state index is 0.00544. The highest BCUT2D eigenvalue weighted by Crippen LogP contribution is 2.10. The zero-order valence-electron chi connectivity index (χ0n) is 18.8. The van der Waals surface area contributed by atoms with E-state index in [2.05, 4.69) is 17.2 Å². The van der Waals surface area contributed by atoms with Gasteiger partial charge in [0.25, 0.3) is 0 Å². The minimum atomic E-state index is -0.872. The fraction of sp³-hybridized carbons (Fsp3) is 0.818. The molecule has 1 aliphatic rings. The van der Waals surface area contributed by atoms with Crippen molar-refractivity contribution in [3.63, 3.8) is 0 Å². The Hall–Kier alpha value is -1.70. The van der Waals surface area contributed by atoms with E-state index in [4.69, 9.17) is 28.8 Å². The van der Waals surface area contributed by atoms with Gasteiger partial charge in [-0.2, -0.15) is 0 Å². The molecule has 0 saturated carbocycles. The second-order valence-corrected chi connectivity index (χ2v) is 6.53. The Labute approximate surface area is 186 Å². The predicted octanol–water partition coefficient (Wildman–Crippen LogP) is 1.63. The van der Waals surface area contributed by atoms with E-state index in [1.54, 1.807) is 0 Å². The molecule has 0 fully saturated rings. The smallest absolute Gasteiger partial charge is 0.305 e. The molecule has 0 aromatic heterocycles. The van der Waals surface area contributed by atoms with Crippen molar-refractivity contribution in [2.75, 3.05) is 66.0 Å². The molecule has 9 nitrogen and oxygen atoms in total. The van der Waals surface area contributed by atoms with E-state index in [1.165, 1.54) is 19.3 Å². The Bertz CT molecular complexity index is 478. The molecular weight excluding hydrogens is 406 g/mol. The molecule has 0 saturated heterocycles. The van der Waals surface area contributed by atoms with Gasteiger partial charge < -0.3 is 34.1 Å². The fourth-order valence-corrected chi connectivity index (χ4v) is 2.42. The summed E-state index contributed by atoms with van der Waals surface area (Å²) in [5.41, 5.74) is 0. The molecule has 0 bridgehead atoms. The summed E-state index contributed by atoms with van der Waals surface area (Å²) < 4.78 is 26.1. The first kappa shape index (κ1) is 29.3. The van der Waals surface area contributed by atoms with Gasteiger partial charge >= 0.3 is 5.97 Å². The summed E-state index contributed by atoms with van der Waals surface area (Å²) in [7, 11) is 0. The third kappa shape index (κ3) is 24.4. The standard InChI is InChI=1S/C12H23NO7.C10H16O/c14-11-13-2-4-18-6-8-20-10-9-19-7-5-17-3-1-12(15)16;1-2-11-10-8-6-4-3-5-7-9-10/h11H,1-10H2,(H,13,14)(H,15,16);10H,2-6,8H2,1H3. The number of hydrogen-bond acceptors (Lipinski definition) is 7. The maximum Gasteiger partial charge on any atom is 0.305 e. The van der Waals surface area contributed by atoms with Crippen molar-refractivity contribution in [2.24, 2.45) is 0 Å². The van der Waals surface area contributed by atoms with Crippen LogP contribution in [-0.4, -0.2) is 89.6 Å². The van der Waals surface area contributed by atoms with E-state index < -0.39 is 5.97 Å². The maximum absolute atomic E-state index is 10.2. The molecule has 0 spiro atoms. The average Bonchev–Trinajstić information content (AvgIpc) is 2.73. The summed E-state index contributed by atoms with van der Waals surface area (Å²) in [6, 6.07) is 0. The van der Waals surface area contributed by atoms with Crippen LogP contribution in [0.15, 0.2) is 0 Å². The number of carboxylic acid groups (broad SMARTS) is 1. The van der Waals surface area contributed by atoms with Crippen molar-refractivity contribution in [1.29, 1.82) is 0 Å². The summed E-state index contributed by atoms with van der Waals surface area (Å²) >= 11 is 0. The number of rotatable bonds is 18. The first-order chi connectivity index (χ1) is 15.2. The first-order valence-electron chi connectivity index (χ1n) is 11.0. The highest BCUT2D eigenvalue weighted by molar-refractivity contribution is 5.66. The van der Waals surface area contributed by atoms with Crippen molar-refractivity contribution < 1.29 is 38.4 Å². The number of ether oxygens (including phenoxy) is 5. The number of nitrogens with one attached hydrogen (secondary N) is 1. The lowest BCUT2D eigenvalue weighted by molar-refractivity contribution is -0.138. The molecular formula is C22H39NO8. The van der Waals surface area contributed by atoms with Crippen LogP contribution in [0.5, 0.6) is 0 Å². The van der Waals surface area contributed by atoms with Crippen LogP contribution in [0.2, 0.25) is 0 Å². The van der Waals surface area contributed by atoms with Gasteiger partial charge in [0.1, 0.15) is 6.10 Å². The zero-order valence-corrected chi connectivity index (χ0v) is 18.8. The van der Waals surface area contributed by atoms with Gasteiger partial charge in [0.2, 0.25) is 6.41 Å². The van der Waals surface area contributed by atoms with Gasteiger partial charge in [-0.1, -0.05) is 12.3 Å². The summed E-state index contributed by atoms with van der Waals surface area (Å²) in [5, 5.41) is 10.8. The lowest BCUT2D eigenvalue weighted by Gasteiger charge is -2.11. The van der Waals surface area contributed by atoms with E-state index >= 15 is 0 Å². The van der Waals surface area contributed by atoms with Crippen LogP contribution in [0.1, 0.15) is 45.4 Å². The molecule has 0 aromatic carbocycles. The van der Waals surface area contributed by atoms with E-state index in [-0.39, 0.29) is 19.1 Å². The number of carbonyl (C=O) groups is 2. The summed E-state index contributed by atoms with van der Waals surface area (Å²) in [5.74, 6) is 5.43. The summed E-state index contributed by atoms with van der Waals surface area (Å²) in [4.78, 5) is 20.1. The van der Waals surface area contributed by atoms with Crippen molar-refractivity contribution in [3.8, 4) is 11.8 Å². The average molecular weight is 446 g/mol. The SMILES string of the molecule is CCOC1C#CCCCCC1.O=CNCCOCCOCCOCCOCCC(=O)O. The lowest BCUT2D eigenvalue weighted by Crippen LogP contribution is -2.19. The van der Waals surface area contributed by atoms with Crippen LogP contribution in [0.25, 0.3) is 0 Å². The maximum atomic E-state index is 10.2. The van der Waals surface area contributed by atoms with Gasteiger partial charge in [0, 0.05) is 19.6 Å². The Morgan fingerprint density at radius 2 is 1.58 bits per heavy atom. The van der Waals surface area contributed by atoms with Crippen molar-refractivity contribution in [3.05, 3.63) is 0 Å². The van der Waals surface area contributed by atoms with E-state index in [9.17, 15) is 9.59 Å². The fourth-order valence-electron chi connectivity index (χ4n) is 2.42. The number of carbonyl (C=O) groups excluding carboxylic acids is 1. The number of hydrogen-bond donors (Lipinski definition) is 2. The monoisotopic (exact) mass is 445 g/mol. The molecule has 0 aromatic rings. The molecule has 1 atom stereocenters. The van der Waals surface area contributed by atoms with Gasteiger partial charge in [-0.25, -0.2) is 0 Å². The number of amides is 1. The van der Waals surface area contributed by atoms with Gasteiger partial charge in [0.05, 0.1) is 59.3 Å². The van der Waals surface area contributed by atoms with Gasteiger partial charge in [-0.05, 0) is 26.2 Å².